The van der Waals surface area contributed by atoms with Crippen molar-refractivity contribution in [3.63, 3.8) is 0 Å². The number of nitrogens with zero attached hydrogens (tertiary/aromatic N) is 3. The van der Waals surface area contributed by atoms with E-state index in [0.717, 1.165) is 30.0 Å². The van der Waals surface area contributed by atoms with Crippen LogP contribution >= 0.6 is 0 Å². The van der Waals surface area contributed by atoms with E-state index in [1.54, 1.807) is 0 Å². The Labute approximate surface area is 127 Å². The van der Waals surface area contributed by atoms with Crippen LogP contribution in [0.4, 0.5) is 0 Å². The molecule has 0 spiro atoms. The lowest BCUT2D eigenvalue weighted by Gasteiger charge is -2.57. The van der Waals surface area contributed by atoms with Crippen molar-refractivity contribution in [1.29, 1.82) is 0 Å². The molecule has 4 bridgehead atoms. The number of nitrogens with one attached hydrogen (secondary N) is 1. The number of hydrogen-bond acceptors (Lipinski definition) is 3. The van der Waals surface area contributed by atoms with E-state index in [1.165, 1.54) is 38.5 Å². The van der Waals surface area contributed by atoms with Crippen LogP contribution in [0.1, 0.15) is 65.0 Å². The molecule has 0 radical (unpaired) electrons. The van der Waals surface area contributed by atoms with Gasteiger partial charge in [0.15, 0.2) is 0 Å². The van der Waals surface area contributed by atoms with E-state index in [9.17, 15) is 0 Å². The largest absolute Gasteiger partial charge is 0.305 e. The molecular formula is C17H28N4. The summed E-state index contributed by atoms with van der Waals surface area (Å²) >= 11 is 0. The van der Waals surface area contributed by atoms with Gasteiger partial charge in [0.05, 0.1) is 17.4 Å². The molecule has 0 amide bonds. The molecule has 116 valence electrons. The van der Waals surface area contributed by atoms with Crippen LogP contribution in [0.3, 0.4) is 0 Å². The summed E-state index contributed by atoms with van der Waals surface area (Å²) in [5.41, 5.74) is 1.52. The van der Waals surface area contributed by atoms with E-state index < -0.39 is 0 Å². The summed E-state index contributed by atoms with van der Waals surface area (Å²) in [6.07, 6.45) is 10.8. The molecule has 1 aromatic rings. The van der Waals surface area contributed by atoms with Gasteiger partial charge in [0, 0.05) is 12.1 Å². The minimum Gasteiger partial charge on any atom is -0.305 e. The lowest BCUT2D eigenvalue weighted by atomic mass is 9.53. The molecule has 0 unspecified atom stereocenters. The quantitative estimate of drug-likeness (QED) is 0.929. The van der Waals surface area contributed by atoms with Crippen molar-refractivity contribution < 1.29 is 0 Å². The first kappa shape index (κ1) is 13.7. The second-order valence-electron chi connectivity index (χ2n) is 8.88. The predicted molar refractivity (Wildman–Crippen MR) is 82.8 cm³/mol. The van der Waals surface area contributed by atoms with Crippen molar-refractivity contribution in [3.05, 3.63) is 11.9 Å². The number of rotatable bonds is 3. The van der Waals surface area contributed by atoms with Gasteiger partial charge in [-0.1, -0.05) is 5.21 Å². The summed E-state index contributed by atoms with van der Waals surface area (Å²) in [6, 6.07) is 0. The standard InChI is InChI=1S/C17H28N4/c1-16(2,3)21-11-15(19-20-21)10-18-17-7-12-4-13(8-17)6-14(5-12)9-17/h11-14,18H,4-10H2,1-3H3. The van der Waals surface area contributed by atoms with E-state index in [1.807, 2.05) is 4.68 Å². The minimum absolute atomic E-state index is 0.0198. The highest BCUT2D eigenvalue weighted by molar-refractivity contribution is 5.07. The lowest BCUT2D eigenvalue weighted by molar-refractivity contribution is -0.0207. The lowest BCUT2D eigenvalue weighted by Crippen LogP contribution is -2.58. The first-order chi connectivity index (χ1) is 9.92. The molecule has 4 aliphatic rings. The maximum absolute atomic E-state index is 4.35. The smallest absolute Gasteiger partial charge is 0.0965 e. The molecule has 1 aromatic heterocycles. The van der Waals surface area contributed by atoms with Crippen LogP contribution in [0.25, 0.3) is 0 Å². The Balaban J connectivity index is 1.44. The normalized spacial score (nSPS) is 38.1. The Morgan fingerprint density at radius 2 is 1.71 bits per heavy atom. The summed E-state index contributed by atoms with van der Waals surface area (Å²) in [5, 5.41) is 12.5. The van der Waals surface area contributed by atoms with Gasteiger partial charge in [0.2, 0.25) is 0 Å². The van der Waals surface area contributed by atoms with Crippen molar-refractivity contribution in [2.45, 2.75) is 76.9 Å². The van der Waals surface area contributed by atoms with Crippen molar-refractivity contribution in [2.24, 2.45) is 17.8 Å². The summed E-state index contributed by atoms with van der Waals surface area (Å²) in [6.45, 7) is 7.37. The molecule has 4 nitrogen and oxygen atoms in total. The monoisotopic (exact) mass is 288 g/mol. The fraction of sp³-hybridized carbons (Fsp3) is 0.882. The van der Waals surface area contributed by atoms with Crippen molar-refractivity contribution in [3.8, 4) is 0 Å². The molecular weight excluding hydrogens is 260 g/mol. The molecule has 4 heteroatoms. The van der Waals surface area contributed by atoms with Crippen LogP contribution in [0.5, 0.6) is 0 Å². The van der Waals surface area contributed by atoms with E-state index >= 15 is 0 Å². The van der Waals surface area contributed by atoms with Crippen LogP contribution < -0.4 is 5.32 Å². The maximum Gasteiger partial charge on any atom is 0.0965 e. The number of hydrogen-bond donors (Lipinski definition) is 1. The highest BCUT2D eigenvalue weighted by atomic mass is 15.4. The third-order valence-electron chi connectivity index (χ3n) is 5.91. The minimum atomic E-state index is 0.0198. The Hall–Kier alpha value is -0.900. The van der Waals surface area contributed by atoms with Crippen LogP contribution in [-0.4, -0.2) is 20.5 Å². The predicted octanol–water partition coefficient (Wildman–Crippen LogP) is 3.09. The molecule has 4 aliphatic carbocycles. The molecule has 1 heterocycles. The third kappa shape index (κ3) is 2.52. The Morgan fingerprint density at radius 3 is 2.19 bits per heavy atom. The molecule has 0 aromatic carbocycles. The van der Waals surface area contributed by atoms with Crippen molar-refractivity contribution in [1.82, 2.24) is 20.3 Å². The maximum atomic E-state index is 4.35. The Bertz CT molecular complexity index is 490. The average Bonchev–Trinajstić information content (AvgIpc) is 2.83. The second kappa shape index (κ2) is 4.55. The molecule has 5 rings (SSSR count). The van der Waals surface area contributed by atoms with Gasteiger partial charge in [-0.15, -0.1) is 5.10 Å². The van der Waals surface area contributed by atoms with E-state index in [2.05, 4.69) is 42.6 Å². The summed E-state index contributed by atoms with van der Waals surface area (Å²) < 4.78 is 1.98. The van der Waals surface area contributed by atoms with Gasteiger partial charge >= 0.3 is 0 Å². The zero-order valence-corrected chi connectivity index (χ0v) is 13.6. The van der Waals surface area contributed by atoms with Crippen LogP contribution in [-0.2, 0) is 12.1 Å². The summed E-state index contributed by atoms with van der Waals surface area (Å²) in [5.74, 6) is 2.98. The molecule has 4 fully saturated rings. The zero-order valence-electron chi connectivity index (χ0n) is 13.6. The highest BCUT2D eigenvalue weighted by Crippen LogP contribution is 2.55. The third-order valence-corrected chi connectivity index (χ3v) is 5.91. The molecule has 0 saturated heterocycles. The van der Waals surface area contributed by atoms with Gasteiger partial charge in [-0.25, -0.2) is 4.68 Å². The van der Waals surface area contributed by atoms with E-state index in [-0.39, 0.29) is 5.54 Å². The first-order valence-corrected chi connectivity index (χ1v) is 8.59. The van der Waals surface area contributed by atoms with E-state index in [4.69, 9.17) is 0 Å². The summed E-state index contributed by atoms with van der Waals surface area (Å²) in [7, 11) is 0. The second-order valence-corrected chi connectivity index (χ2v) is 8.88. The van der Waals surface area contributed by atoms with Crippen LogP contribution in [0.2, 0.25) is 0 Å². The average molecular weight is 288 g/mol. The van der Waals surface area contributed by atoms with Crippen LogP contribution in [0.15, 0.2) is 6.20 Å². The molecule has 1 N–H and O–H groups in total. The van der Waals surface area contributed by atoms with Crippen molar-refractivity contribution in [2.75, 3.05) is 0 Å². The summed E-state index contributed by atoms with van der Waals surface area (Å²) in [4.78, 5) is 0. The van der Waals surface area contributed by atoms with Crippen LogP contribution in [0, 0.1) is 17.8 Å². The van der Waals surface area contributed by atoms with Crippen molar-refractivity contribution >= 4 is 0 Å². The fourth-order valence-corrected chi connectivity index (χ4v) is 5.31. The van der Waals surface area contributed by atoms with Gasteiger partial charge < -0.3 is 5.32 Å². The Kier molecular flexibility index (Phi) is 2.97. The SMILES string of the molecule is CC(C)(C)n1cc(CNC23CC4CC(CC(C4)C2)C3)nn1. The van der Waals surface area contributed by atoms with E-state index in [0.29, 0.717) is 5.54 Å². The molecule has 0 aliphatic heterocycles. The van der Waals surface area contributed by atoms with Gasteiger partial charge in [-0.05, 0) is 77.0 Å². The highest BCUT2D eigenvalue weighted by Gasteiger charge is 2.50. The fourth-order valence-electron chi connectivity index (χ4n) is 5.31. The first-order valence-electron chi connectivity index (χ1n) is 8.59. The molecule has 21 heavy (non-hydrogen) atoms. The van der Waals surface area contributed by atoms with Gasteiger partial charge in [-0.3, -0.25) is 0 Å². The van der Waals surface area contributed by atoms with Gasteiger partial charge in [0.1, 0.15) is 0 Å². The zero-order chi connectivity index (χ0) is 14.7. The topological polar surface area (TPSA) is 42.7 Å². The Morgan fingerprint density at radius 1 is 1.14 bits per heavy atom. The van der Waals surface area contributed by atoms with Gasteiger partial charge in [0.25, 0.3) is 0 Å². The van der Waals surface area contributed by atoms with Gasteiger partial charge in [-0.2, -0.15) is 0 Å². The molecule has 4 saturated carbocycles. The number of aromatic nitrogens is 3. The molecule has 0 atom stereocenters.